The van der Waals surface area contributed by atoms with Crippen LogP contribution in [-0.4, -0.2) is 28.6 Å². The molecule has 2 aromatic heterocycles. The number of Topliss-reactive ketones (excluding diaryl/α,β-unsaturated/α-hetero) is 1. The van der Waals surface area contributed by atoms with Gasteiger partial charge in [-0.3, -0.25) is 9.78 Å². The van der Waals surface area contributed by atoms with E-state index in [1.54, 1.807) is 24.4 Å². The summed E-state index contributed by atoms with van der Waals surface area (Å²) >= 11 is 10.5. The van der Waals surface area contributed by atoms with Crippen LogP contribution < -0.4 is 11.1 Å². The Morgan fingerprint density at radius 2 is 2.15 bits per heavy atom. The molecule has 9 heteroatoms. The van der Waals surface area contributed by atoms with Crippen molar-refractivity contribution < 1.29 is 9.18 Å². The predicted octanol–water partition coefficient (Wildman–Crippen LogP) is 5.86. The van der Waals surface area contributed by atoms with Crippen LogP contribution in [-0.2, 0) is 6.42 Å². The third-order valence-electron chi connectivity index (χ3n) is 5.09. The molecule has 3 rings (SSSR count). The van der Waals surface area contributed by atoms with Crippen LogP contribution in [0.5, 0.6) is 0 Å². The fourth-order valence-electron chi connectivity index (χ4n) is 3.30. The zero-order valence-corrected chi connectivity index (χ0v) is 20.2. The van der Waals surface area contributed by atoms with Crippen molar-refractivity contribution in [2.45, 2.75) is 24.7 Å². The Kier molecular flexibility index (Phi) is 8.67. The van der Waals surface area contributed by atoms with Crippen molar-refractivity contribution in [2.75, 3.05) is 12.0 Å². The lowest BCUT2D eigenvalue weighted by Gasteiger charge is -2.13. The number of anilines is 1. The minimum absolute atomic E-state index is 0.0272. The van der Waals surface area contributed by atoms with Crippen molar-refractivity contribution in [3.63, 3.8) is 0 Å². The number of rotatable bonds is 10. The third-order valence-corrected chi connectivity index (χ3v) is 5.68. The number of pyridine rings is 1. The first-order chi connectivity index (χ1) is 16.3. The second-order valence-corrected chi connectivity index (χ2v) is 8.57. The fraction of sp³-hybridized carbons (Fsp3) is 0.160. The lowest BCUT2D eigenvalue weighted by atomic mass is 10.1. The molecule has 34 heavy (non-hydrogen) atoms. The second kappa shape index (κ2) is 11.7. The largest absolute Gasteiger partial charge is 0.385 e. The van der Waals surface area contributed by atoms with Gasteiger partial charge in [-0.05, 0) is 61.7 Å². The van der Waals surface area contributed by atoms with Gasteiger partial charge in [0.2, 0.25) is 5.78 Å². The van der Waals surface area contributed by atoms with E-state index in [0.29, 0.717) is 29.3 Å². The van der Waals surface area contributed by atoms with E-state index in [2.05, 4.69) is 27.9 Å². The van der Waals surface area contributed by atoms with E-state index in [0.717, 1.165) is 33.3 Å². The number of H-pyrrole nitrogens is 1. The number of aromatic nitrogens is 2. The highest BCUT2D eigenvalue weighted by atomic mass is 35.5. The zero-order chi connectivity index (χ0) is 24.7. The monoisotopic (exact) mass is 497 g/mol. The summed E-state index contributed by atoms with van der Waals surface area (Å²) in [7, 11) is 0. The Balaban J connectivity index is 1.75. The lowest BCUT2D eigenvalue weighted by molar-refractivity contribution is 0.103. The number of benzene rings is 1. The number of fused-ring (bicyclic) bond motifs is 1. The quantitative estimate of drug-likeness (QED) is 0.0795. The number of aromatic amines is 1. The van der Waals surface area contributed by atoms with Crippen molar-refractivity contribution in [2.24, 2.45) is 5.73 Å². The Morgan fingerprint density at radius 3 is 2.85 bits per heavy atom. The minimum atomic E-state index is -0.530. The molecule has 5 N–H and O–H groups in total. The minimum Gasteiger partial charge on any atom is -0.385 e. The number of ketones is 1. The summed E-state index contributed by atoms with van der Waals surface area (Å²) in [4.78, 5) is 21.3. The number of nitrogens with zero attached hydrogens (tertiary/aromatic N) is 1. The molecule has 0 spiro atoms. The number of alkyl halides is 1. The van der Waals surface area contributed by atoms with Crippen molar-refractivity contribution in [1.29, 1.82) is 5.41 Å². The van der Waals surface area contributed by atoms with Crippen molar-refractivity contribution >= 4 is 52.8 Å². The van der Waals surface area contributed by atoms with Gasteiger partial charge in [-0.1, -0.05) is 23.8 Å². The highest BCUT2D eigenvalue weighted by molar-refractivity contribution is 7.80. The number of carbonyl (C=O) groups is 1. The summed E-state index contributed by atoms with van der Waals surface area (Å²) in [5.74, 6) is -0.348. The number of hydrogen-bond acceptors (Lipinski definition) is 6. The van der Waals surface area contributed by atoms with Crippen molar-refractivity contribution in [3.8, 4) is 0 Å². The van der Waals surface area contributed by atoms with Gasteiger partial charge in [-0.15, -0.1) is 12.6 Å². The molecule has 0 aliphatic heterocycles. The zero-order valence-electron chi connectivity index (χ0n) is 18.5. The van der Waals surface area contributed by atoms with Crippen LogP contribution in [0.4, 0.5) is 10.1 Å². The summed E-state index contributed by atoms with van der Waals surface area (Å²) in [6.07, 6.45) is 8.38. The first-order valence-corrected chi connectivity index (χ1v) is 11.3. The van der Waals surface area contributed by atoms with Gasteiger partial charge in [0.1, 0.15) is 12.5 Å². The predicted molar refractivity (Wildman–Crippen MR) is 140 cm³/mol. The Hall–Kier alpha value is -3.36. The number of nitrogens with two attached hydrogens (primary N) is 1. The maximum Gasteiger partial charge on any atom is 0.214 e. The van der Waals surface area contributed by atoms with Gasteiger partial charge in [-0.25, -0.2) is 4.39 Å². The number of thiol groups is 1. The van der Waals surface area contributed by atoms with E-state index >= 15 is 0 Å². The smallest absolute Gasteiger partial charge is 0.214 e. The van der Waals surface area contributed by atoms with Gasteiger partial charge in [0.05, 0.1) is 23.2 Å². The average Bonchev–Trinajstić information content (AvgIpc) is 3.23. The topological polar surface area (TPSA) is 108 Å². The molecule has 0 aliphatic carbocycles. The molecule has 0 saturated heterocycles. The van der Waals surface area contributed by atoms with E-state index in [-0.39, 0.29) is 11.4 Å². The molecule has 0 unspecified atom stereocenters. The highest BCUT2D eigenvalue weighted by Crippen LogP contribution is 2.22. The van der Waals surface area contributed by atoms with E-state index in [9.17, 15) is 9.18 Å². The summed E-state index contributed by atoms with van der Waals surface area (Å²) in [5, 5.41) is 12.2. The lowest BCUT2D eigenvalue weighted by Crippen LogP contribution is -2.19. The molecule has 0 bridgehead atoms. The fourth-order valence-corrected chi connectivity index (χ4v) is 3.68. The molecule has 3 aromatic rings. The molecule has 0 radical (unpaired) electrons. The van der Waals surface area contributed by atoms with Gasteiger partial charge in [0, 0.05) is 32.7 Å². The second-order valence-electron chi connectivity index (χ2n) is 7.57. The average molecular weight is 498 g/mol. The maximum absolute atomic E-state index is 13.0. The first-order valence-electron chi connectivity index (χ1n) is 10.5. The molecule has 2 heterocycles. The summed E-state index contributed by atoms with van der Waals surface area (Å²) in [6, 6.07) is 9.12. The normalized spacial score (nSPS) is 12.8. The van der Waals surface area contributed by atoms with Crippen LogP contribution in [0.1, 0.15) is 28.2 Å². The van der Waals surface area contributed by atoms with Crippen molar-refractivity contribution in [1.82, 2.24) is 9.97 Å². The Labute approximate surface area is 207 Å². The van der Waals surface area contributed by atoms with Gasteiger partial charge in [0.15, 0.2) is 0 Å². The number of carbonyl (C=O) groups excluding carboxylic acids is 1. The number of hydrogen-bond donors (Lipinski definition) is 5. The third kappa shape index (κ3) is 6.36. The molecule has 0 amide bonds. The van der Waals surface area contributed by atoms with E-state index in [1.165, 1.54) is 6.08 Å². The van der Waals surface area contributed by atoms with Gasteiger partial charge < -0.3 is 21.4 Å². The highest BCUT2D eigenvalue weighted by Gasteiger charge is 2.17. The number of aryl methyl sites for hydroxylation is 2. The molecule has 0 aliphatic rings. The van der Waals surface area contributed by atoms with Crippen LogP contribution in [0.3, 0.4) is 0 Å². The van der Waals surface area contributed by atoms with Gasteiger partial charge >= 0.3 is 0 Å². The molecule has 176 valence electrons. The maximum atomic E-state index is 13.0. The number of allylic oxidation sites excluding steroid dienone is 5. The van der Waals surface area contributed by atoms with Crippen LogP contribution in [0, 0.1) is 12.3 Å². The van der Waals surface area contributed by atoms with Gasteiger partial charge in [-0.2, -0.15) is 0 Å². The number of nitrogens with one attached hydrogen (secondary N) is 3. The van der Waals surface area contributed by atoms with Crippen LogP contribution >= 0.6 is 24.2 Å². The molecule has 0 fully saturated rings. The standard InChI is InChI=1S/C25H25ClFN5OS/c1-15-10-18(6-5-17(26)4-2-3-9-27)30-14-23(15)32-25(29)20(13-28)24(33)22-12-16-11-19(34)7-8-21(16)31-22/h2-4,7-8,10-14,28,31-32,34H,5-6,9,29H2,1H3/b3-2-,17-4+,25-20+,28-13?. The summed E-state index contributed by atoms with van der Waals surface area (Å²) in [5.41, 5.74) is 9.63. The molecule has 1 aromatic carbocycles. The van der Waals surface area contributed by atoms with Crippen molar-refractivity contribution in [3.05, 3.63) is 88.1 Å². The van der Waals surface area contributed by atoms with E-state index in [4.69, 9.17) is 22.7 Å². The Morgan fingerprint density at radius 1 is 1.35 bits per heavy atom. The Bertz CT molecular complexity index is 1310. The summed E-state index contributed by atoms with van der Waals surface area (Å²) in [6.45, 7) is 1.36. The van der Waals surface area contributed by atoms with Gasteiger partial charge in [0.25, 0.3) is 0 Å². The van der Waals surface area contributed by atoms with Crippen LogP contribution in [0.2, 0.25) is 0 Å². The molecular weight excluding hydrogens is 473 g/mol. The number of halogens is 2. The molecule has 6 nitrogen and oxygen atoms in total. The van der Waals surface area contributed by atoms with E-state index in [1.807, 2.05) is 31.2 Å². The van der Waals surface area contributed by atoms with E-state index < -0.39 is 12.5 Å². The molecule has 0 saturated carbocycles. The molecular formula is C25H25ClFN5OS. The SMILES string of the molecule is Cc1cc(CC/C(Cl)=C\C=C/CF)ncc1N/C(N)=C(\C=N)C(=O)c1cc2cc(S)ccc2[nH]1. The molecule has 0 atom stereocenters. The summed E-state index contributed by atoms with van der Waals surface area (Å²) < 4.78 is 12.1. The van der Waals surface area contributed by atoms with Crippen LogP contribution in [0.25, 0.3) is 10.9 Å². The first kappa shape index (κ1) is 25.3. The van der Waals surface area contributed by atoms with Crippen LogP contribution in [0.15, 0.2) is 76.1 Å².